The molecule has 0 aliphatic rings. The fourth-order valence-corrected chi connectivity index (χ4v) is 2.85. The van der Waals surface area contributed by atoms with Gasteiger partial charge in [0.25, 0.3) is 0 Å². The smallest absolute Gasteiger partial charge is 0.347 e. The van der Waals surface area contributed by atoms with E-state index in [-0.39, 0.29) is 5.91 Å². The summed E-state index contributed by atoms with van der Waals surface area (Å²) in [5, 5.41) is 10.6. The molecular weight excluding hydrogens is 358 g/mol. The molecule has 2 N–H and O–H groups in total. The van der Waals surface area contributed by atoms with Gasteiger partial charge in [0.15, 0.2) is 11.9 Å². The first-order chi connectivity index (χ1) is 13.6. The van der Waals surface area contributed by atoms with Gasteiger partial charge in [-0.15, -0.1) is 0 Å². The molecule has 1 unspecified atom stereocenters. The number of hydrogen-bond donors (Lipinski definition) is 2. The van der Waals surface area contributed by atoms with Crippen LogP contribution in [0, 0.1) is 0 Å². The van der Waals surface area contributed by atoms with Gasteiger partial charge in [-0.2, -0.15) is 5.10 Å². The number of anilines is 1. The minimum Gasteiger partial charge on any atom is -0.479 e. The minimum absolute atomic E-state index is 0.121. The predicted octanol–water partition coefficient (Wildman–Crippen LogP) is 3.46. The van der Waals surface area contributed by atoms with Crippen LogP contribution in [-0.2, 0) is 20.7 Å². The Morgan fingerprint density at radius 3 is 2.68 bits per heavy atom. The second kappa shape index (κ2) is 9.03. The number of rotatable bonds is 8. The van der Waals surface area contributed by atoms with Crippen molar-refractivity contribution in [1.29, 1.82) is 0 Å². The number of ether oxygens (including phenoxy) is 2. The molecule has 7 nitrogen and oxygen atoms in total. The van der Waals surface area contributed by atoms with Crippen LogP contribution in [-0.4, -0.2) is 35.3 Å². The van der Waals surface area contributed by atoms with E-state index in [4.69, 9.17) is 9.47 Å². The summed E-state index contributed by atoms with van der Waals surface area (Å²) in [6.07, 6.45) is 0.813. The third-order valence-electron chi connectivity index (χ3n) is 4.39. The fourth-order valence-electron chi connectivity index (χ4n) is 2.85. The first-order valence-corrected chi connectivity index (χ1v) is 9.17. The Morgan fingerprint density at radius 1 is 1.18 bits per heavy atom. The van der Waals surface area contributed by atoms with E-state index in [1.54, 1.807) is 18.2 Å². The molecule has 3 aromatic rings. The van der Waals surface area contributed by atoms with Crippen LogP contribution in [0.25, 0.3) is 10.9 Å². The SMILES string of the molecule is CCC(Oc1ccc2[nH]nc(NC(=O)CCc3ccccc3)c2c1)C(=O)OC. The second-order valence-electron chi connectivity index (χ2n) is 6.35. The van der Waals surface area contributed by atoms with Crippen molar-refractivity contribution in [2.45, 2.75) is 32.3 Å². The number of hydrogen-bond acceptors (Lipinski definition) is 5. The highest BCUT2D eigenvalue weighted by Gasteiger charge is 2.19. The molecule has 1 heterocycles. The zero-order valence-electron chi connectivity index (χ0n) is 15.9. The number of carbonyl (C=O) groups excluding carboxylic acids is 2. The summed E-state index contributed by atoms with van der Waals surface area (Å²) in [5.41, 5.74) is 1.87. The molecule has 2 aromatic carbocycles. The summed E-state index contributed by atoms with van der Waals surface area (Å²) < 4.78 is 10.5. The number of aromatic amines is 1. The predicted molar refractivity (Wildman–Crippen MR) is 106 cm³/mol. The van der Waals surface area contributed by atoms with Crippen LogP contribution in [0.1, 0.15) is 25.3 Å². The number of aryl methyl sites for hydroxylation is 1. The number of aromatic nitrogens is 2. The number of methoxy groups -OCH3 is 1. The second-order valence-corrected chi connectivity index (χ2v) is 6.35. The molecule has 0 radical (unpaired) electrons. The molecule has 28 heavy (non-hydrogen) atoms. The summed E-state index contributed by atoms with van der Waals surface area (Å²) >= 11 is 0. The number of benzene rings is 2. The summed E-state index contributed by atoms with van der Waals surface area (Å²) in [6, 6.07) is 15.1. The van der Waals surface area contributed by atoms with E-state index in [2.05, 4.69) is 15.5 Å². The maximum Gasteiger partial charge on any atom is 0.347 e. The highest BCUT2D eigenvalue weighted by atomic mass is 16.6. The lowest BCUT2D eigenvalue weighted by Crippen LogP contribution is -2.27. The first-order valence-electron chi connectivity index (χ1n) is 9.17. The van der Waals surface area contributed by atoms with E-state index in [9.17, 15) is 9.59 Å². The Morgan fingerprint density at radius 2 is 1.96 bits per heavy atom. The average Bonchev–Trinajstić information content (AvgIpc) is 3.12. The number of H-pyrrole nitrogens is 1. The molecule has 0 bridgehead atoms. The average molecular weight is 381 g/mol. The first kappa shape index (κ1) is 19.4. The van der Waals surface area contributed by atoms with Crippen LogP contribution >= 0.6 is 0 Å². The topological polar surface area (TPSA) is 93.3 Å². The molecule has 7 heteroatoms. The molecule has 1 atom stereocenters. The van der Waals surface area contributed by atoms with Crippen molar-refractivity contribution in [3.63, 3.8) is 0 Å². The van der Waals surface area contributed by atoms with Gasteiger partial charge in [0.05, 0.1) is 12.6 Å². The number of esters is 1. The summed E-state index contributed by atoms with van der Waals surface area (Å²) in [4.78, 5) is 24.0. The number of nitrogens with one attached hydrogen (secondary N) is 2. The maximum atomic E-state index is 12.3. The van der Waals surface area contributed by atoms with Crippen molar-refractivity contribution in [1.82, 2.24) is 10.2 Å². The van der Waals surface area contributed by atoms with Crippen LogP contribution in [0.15, 0.2) is 48.5 Å². The van der Waals surface area contributed by atoms with Crippen LogP contribution in [0.2, 0.25) is 0 Å². The van der Waals surface area contributed by atoms with Gasteiger partial charge in [-0.3, -0.25) is 9.89 Å². The summed E-state index contributed by atoms with van der Waals surface area (Å²) in [7, 11) is 1.33. The maximum absolute atomic E-state index is 12.3. The number of amides is 1. The summed E-state index contributed by atoms with van der Waals surface area (Å²) in [5.74, 6) is 0.393. The molecule has 0 aliphatic heterocycles. The lowest BCUT2D eigenvalue weighted by Gasteiger charge is -2.15. The van der Waals surface area contributed by atoms with Crippen LogP contribution in [0.3, 0.4) is 0 Å². The van der Waals surface area contributed by atoms with E-state index in [1.807, 2.05) is 37.3 Å². The normalized spacial score (nSPS) is 11.8. The van der Waals surface area contributed by atoms with Gasteiger partial charge in [0.2, 0.25) is 5.91 Å². The number of nitrogens with zero attached hydrogens (tertiary/aromatic N) is 1. The highest BCUT2D eigenvalue weighted by Crippen LogP contribution is 2.26. The molecule has 0 aliphatic carbocycles. The minimum atomic E-state index is -0.682. The van der Waals surface area contributed by atoms with Crippen molar-refractivity contribution >= 4 is 28.6 Å². The molecule has 0 saturated heterocycles. The monoisotopic (exact) mass is 381 g/mol. The molecule has 0 fully saturated rings. The fraction of sp³-hybridized carbons (Fsp3) is 0.286. The van der Waals surface area contributed by atoms with E-state index in [1.165, 1.54) is 7.11 Å². The van der Waals surface area contributed by atoms with Gasteiger partial charge in [0.1, 0.15) is 5.75 Å². The highest BCUT2D eigenvalue weighted by molar-refractivity contribution is 6.00. The molecule has 1 amide bonds. The number of carbonyl (C=O) groups is 2. The van der Waals surface area contributed by atoms with E-state index in [0.717, 1.165) is 11.1 Å². The largest absolute Gasteiger partial charge is 0.479 e. The van der Waals surface area contributed by atoms with Crippen molar-refractivity contribution in [3.8, 4) is 5.75 Å². The Hall–Kier alpha value is -3.35. The van der Waals surface area contributed by atoms with E-state index >= 15 is 0 Å². The van der Waals surface area contributed by atoms with Gasteiger partial charge in [-0.1, -0.05) is 37.3 Å². The van der Waals surface area contributed by atoms with Gasteiger partial charge in [0, 0.05) is 11.8 Å². The zero-order chi connectivity index (χ0) is 19.9. The molecule has 0 spiro atoms. The molecule has 0 saturated carbocycles. The Kier molecular flexibility index (Phi) is 6.26. The quantitative estimate of drug-likeness (QED) is 0.583. The molecule has 3 rings (SSSR count). The van der Waals surface area contributed by atoms with Crippen molar-refractivity contribution in [2.75, 3.05) is 12.4 Å². The zero-order valence-corrected chi connectivity index (χ0v) is 15.9. The lowest BCUT2D eigenvalue weighted by atomic mass is 10.1. The van der Waals surface area contributed by atoms with E-state index in [0.29, 0.717) is 36.2 Å². The van der Waals surface area contributed by atoms with Gasteiger partial charge in [-0.25, -0.2) is 4.79 Å². The van der Waals surface area contributed by atoms with Crippen molar-refractivity contribution < 1.29 is 19.1 Å². The standard InChI is InChI=1S/C21H23N3O4/c1-3-18(21(26)27-2)28-15-10-11-17-16(13-15)20(24-23-17)22-19(25)12-9-14-7-5-4-6-8-14/h4-8,10-11,13,18H,3,9,12H2,1-2H3,(H2,22,23,24,25). The van der Waals surface area contributed by atoms with Crippen molar-refractivity contribution in [2.24, 2.45) is 0 Å². The van der Waals surface area contributed by atoms with Crippen molar-refractivity contribution in [3.05, 3.63) is 54.1 Å². The Labute approximate surface area is 163 Å². The van der Waals surface area contributed by atoms with Crippen LogP contribution in [0.5, 0.6) is 5.75 Å². The summed E-state index contributed by atoms with van der Waals surface area (Å²) in [6.45, 7) is 1.84. The molecular formula is C21H23N3O4. The third-order valence-corrected chi connectivity index (χ3v) is 4.39. The van der Waals surface area contributed by atoms with Crippen LogP contribution in [0.4, 0.5) is 5.82 Å². The third kappa shape index (κ3) is 4.68. The van der Waals surface area contributed by atoms with E-state index < -0.39 is 12.1 Å². The number of fused-ring (bicyclic) bond motifs is 1. The lowest BCUT2D eigenvalue weighted by molar-refractivity contribution is -0.148. The Balaban J connectivity index is 1.69. The van der Waals surface area contributed by atoms with Gasteiger partial charge in [-0.05, 0) is 36.6 Å². The van der Waals surface area contributed by atoms with Crippen LogP contribution < -0.4 is 10.1 Å². The Bertz CT molecular complexity index is 953. The molecule has 1 aromatic heterocycles. The molecule has 146 valence electrons. The van der Waals surface area contributed by atoms with Gasteiger partial charge < -0.3 is 14.8 Å². The van der Waals surface area contributed by atoms with Gasteiger partial charge >= 0.3 is 5.97 Å².